The molecule has 0 atom stereocenters. The maximum Gasteiger partial charge on any atom is 0.162 e. The Morgan fingerprint density at radius 2 is 1.07 bits per heavy atom. The zero-order chi connectivity index (χ0) is 31.5. The lowest BCUT2D eigenvalue weighted by Gasteiger charge is -2.10. The first-order valence-electron chi connectivity index (χ1n) is 14.0. The van der Waals surface area contributed by atoms with Gasteiger partial charge in [0, 0.05) is 41.7 Å². The van der Waals surface area contributed by atoms with Crippen LogP contribution < -0.4 is 18.9 Å². The van der Waals surface area contributed by atoms with Crippen LogP contribution in [0.4, 0.5) is 5.82 Å². The first-order valence-corrected chi connectivity index (χ1v) is 16.1. The summed E-state index contributed by atoms with van der Waals surface area (Å²) in [6, 6.07) is 30.3. The second-order valence-electron chi connectivity index (χ2n) is 10.2. The van der Waals surface area contributed by atoms with Gasteiger partial charge in [-0.05, 0) is 123 Å². The van der Waals surface area contributed by atoms with Gasteiger partial charge in [-0.3, -0.25) is 0 Å². The summed E-state index contributed by atoms with van der Waals surface area (Å²) in [4.78, 5) is 13.9. The van der Waals surface area contributed by atoms with E-state index in [4.69, 9.17) is 28.9 Å². The number of methoxy groups -OCH3 is 4. The van der Waals surface area contributed by atoms with E-state index < -0.39 is 0 Å². The molecule has 0 saturated carbocycles. The van der Waals surface area contributed by atoms with Crippen LogP contribution in [0, 0.1) is 7.14 Å². The molecule has 1 N–H and O–H groups in total. The highest BCUT2D eigenvalue weighted by Crippen LogP contribution is 2.40. The summed E-state index contributed by atoms with van der Waals surface area (Å²) in [5.41, 5.74) is 7.29. The number of nitrogens with zero attached hydrogens (tertiary/aromatic N) is 2. The fourth-order valence-electron chi connectivity index (χ4n) is 5.04. The number of rotatable bonds is 9. The van der Waals surface area contributed by atoms with Crippen molar-refractivity contribution in [2.75, 3.05) is 28.4 Å². The molecule has 6 rings (SSSR count). The Kier molecular flexibility index (Phi) is 9.27. The van der Waals surface area contributed by atoms with Gasteiger partial charge < -0.3 is 23.9 Å². The number of ether oxygens (including phenoxy) is 4. The number of aromatic nitrogens is 1. The molecule has 0 amide bonds. The molecule has 0 aliphatic carbocycles. The monoisotopic (exact) mass is 821 g/mol. The van der Waals surface area contributed by atoms with Crippen molar-refractivity contribution < 1.29 is 18.9 Å². The number of aromatic amines is 1. The van der Waals surface area contributed by atoms with Crippen LogP contribution in [0.5, 0.6) is 23.0 Å². The molecule has 0 radical (unpaired) electrons. The molecule has 4 aromatic carbocycles. The molecule has 5 aromatic rings. The normalized spacial score (nSPS) is 13.4. The Balaban J connectivity index is 1.56. The molecule has 0 unspecified atom stereocenters. The average Bonchev–Trinajstić information content (AvgIpc) is 3.69. The lowest BCUT2D eigenvalue weighted by Crippen LogP contribution is -1.97. The topological polar surface area (TPSA) is 77.4 Å². The van der Waals surface area contributed by atoms with Crippen LogP contribution in [0.25, 0.3) is 28.0 Å². The number of nitrogens with one attached hydrogen (secondary N) is 1. The molecule has 0 saturated heterocycles. The van der Waals surface area contributed by atoms with Gasteiger partial charge in [-0.2, -0.15) is 0 Å². The predicted octanol–water partition coefficient (Wildman–Crippen LogP) is 9.21. The second-order valence-corrected chi connectivity index (χ2v) is 12.6. The third-order valence-electron chi connectivity index (χ3n) is 7.38. The molecular weight excluding hydrogens is 792 g/mol. The molecule has 0 bridgehead atoms. The van der Waals surface area contributed by atoms with Gasteiger partial charge in [-0.25, -0.2) is 9.98 Å². The van der Waals surface area contributed by atoms with E-state index in [0.29, 0.717) is 34.7 Å². The fraction of sp³-hybridized carbons (Fsp3) is 0.111. The molecule has 7 nitrogen and oxygen atoms in total. The molecule has 0 fully saturated rings. The van der Waals surface area contributed by atoms with Crippen LogP contribution in [-0.2, 0) is 0 Å². The largest absolute Gasteiger partial charge is 0.497 e. The Morgan fingerprint density at radius 3 is 1.58 bits per heavy atom. The molecular formula is C36H29I2N3O4. The van der Waals surface area contributed by atoms with Gasteiger partial charge in [0.25, 0.3) is 0 Å². The highest BCUT2D eigenvalue weighted by molar-refractivity contribution is 14.1. The minimum atomic E-state index is 0.561. The van der Waals surface area contributed by atoms with Gasteiger partial charge >= 0.3 is 0 Å². The molecule has 0 spiro atoms. The molecule has 2 heterocycles. The van der Waals surface area contributed by atoms with Crippen LogP contribution in [-0.4, -0.2) is 45.0 Å². The summed E-state index contributed by atoms with van der Waals surface area (Å²) in [5, 5.41) is 0. The lowest BCUT2D eigenvalue weighted by atomic mass is 10.0. The van der Waals surface area contributed by atoms with Gasteiger partial charge in [0.1, 0.15) is 28.8 Å². The number of allylic oxidation sites excluding steroid dienone is 1. The van der Waals surface area contributed by atoms with Crippen molar-refractivity contribution in [3.05, 3.63) is 115 Å². The number of hydrogen-bond acceptors (Lipinski definition) is 5. The number of halogens is 2. The SMILES string of the molecule is COc1cc(OC)cc(C2=CC(c3ccc(I)cc3)=N/C2=N\c2[nH]c(-c3ccc(I)cc3)cc2-c2cc(OC)cc(OC)c2)c1. The molecule has 226 valence electrons. The van der Waals surface area contributed by atoms with Gasteiger partial charge in [-0.15, -0.1) is 0 Å². The number of H-pyrrole nitrogens is 1. The molecule has 1 aliphatic heterocycles. The Labute approximate surface area is 289 Å². The van der Waals surface area contributed by atoms with Crippen molar-refractivity contribution in [2.45, 2.75) is 0 Å². The summed E-state index contributed by atoms with van der Waals surface area (Å²) in [7, 11) is 6.58. The molecule has 1 aromatic heterocycles. The van der Waals surface area contributed by atoms with Crippen molar-refractivity contribution in [3.8, 4) is 45.4 Å². The van der Waals surface area contributed by atoms with Gasteiger partial charge in [0.15, 0.2) is 5.84 Å². The van der Waals surface area contributed by atoms with E-state index in [1.165, 1.54) is 0 Å². The number of hydrogen-bond donors (Lipinski definition) is 1. The average molecular weight is 821 g/mol. The fourth-order valence-corrected chi connectivity index (χ4v) is 5.76. The first kappa shape index (κ1) is 30.9. The van der Waals surface area contributed by atoms with Crippen molar-refractivity contribution in [1.29, 1.82) is 0 Å². The number of aliphatic imine (C=N–C) groups is 2. The van der Waals surface area contributed by atoms with E-state index in [1.807, 2.05) is 36.4 Å². The smallest absolute Gasteiger partial charge is 0.162 e. The molecule has 45 heavy (non-hydrogen) atoms. The van der Waals surface area contributed by atoms with Crippen LogP contribution in [0.1, 0.15) is 11.1 Å². The summed E-state index contributed by atoms with van der Waals surface area (Å²) in [6.07, 6.45) is 2.06. The van der Waals surface area contributed by atoms with E-state index in [2.05, 4.69) is 111 Å². The Hall–Kier alpha value is -4.10. The zero-order valence-electron chi connectivity index (χ0n) is 25.0. The van der Waals surface area contributed by atoms with E-state index in [-0.39, 0.29) is 0 Å². The minimum absolute atomic E-state index is 0.561. The van der Waals surface area contributed by atoms with Crippen LogP contribution in [0.2, 0.25) is 0 Å². The van der Waals surface area contributed by atoms with Crippen molar-refractivity contribution in [1.82, 2.24) is 4.98 Å². The number of benzene rings is 4. The van der Waals surface area contributed by atoms with Crippen LogP contribution >= 0.6 is 45.2 Å². The second kappa shape index (κ2) is 13.5. The van der Waals surface area contributed by atoms with Crippen molar-refractivity contribution in [3.63, 3.8) is 0 Å². The van der Waals surface area contributed by atoms with Crippen molar-refractivity contribution in [2.24, 2.45) is 9.98 Å². The van der Waals surface area contributed by atoms with Crippen LogP contribution in [0.15, 0.2) is 107 Å². The quantitative estimate of drug-likeness (QED) is 0.151. The maximum absolute atomic E-state index is 5.60. The Bertz CT molecular complexity index is 1920. The van der Waals surface area contributed by atoms with Crippen molar-refractivity contribution >= 4 is 68.1 Å². The van der Waals surface area contributed by atoms with Crippen LogP contribution in [0.3, 0.4) is 0 Å². The van der Waals surface area contributed by atoms with E-state index in [1.54, 1.807) is 28.4 Å². The zero-order valence-corrected chi connectivity index (χ0v) is 29.3. The van der Waals surface area contributed by atoms with Gasteiger partial charge in [0.2, 0.25) is 0 Å². The standard InChI is InChI=1S/C36H29I2N3O4/c1-42-27-13-23(14-28(17-27)43-2)31-19-33(21-5-9-25(37)10-6-21)39-35(31)41-36-32(24-15-29(44-3)18-30(16-24)45-4)20-34(40-36)22-7-11-26(38)12-8-22/h5-20,39H,1-4H3/b41-36-. The van der Waals surface area contributed by atoms with E-state index >= 15 is 0 Å². The van der Waals surface area contributed by atoms with Gasteiger partial charge in [-0.1, -0.05) is 24.3 Å². The summed E-state index contributed by atoms with van der Waals surface area (Å²) < 4.78 is 24.7. The highest BCUT2D eigenvalue weighted by atomic mass is 127. The first-order chi connectivity index (χ1) is 21.9. The van der Waals surface area contributed by atoms with E-state index in [9.17, 15) is 0 Å². The summed E-state index contributed by atoms with van der Waals surface area (Å²) in [6.45, 7) is 0. The summed E-state index contributed by atoms with van der Waals surface area (Å²) >= 11 is 4.62. The van der Waals surface area contributed by atoms with E-state index in [0.717, 1.165) is 51.9 Å². The minimum Gasteiger partial charge on any atom is -0.497 e. The third kappa shape index (κ3) is 6.79. The molecule has 1 aliphatic rings. The predicted molar refractivity (Wildman–Crippen MR) is 198 cm³/mol. The van der Waals surface area contributed by atoms with Gasteiger partial charge in [0.05, 0.1) is 34.2 Å². The molecule has 9 heteroatoms. The maximum atomic E-state index is 5.60. The lowest BCUT2D eigenvalue weighted by molar-refractivity contribution is 0.394. The third-order valence-corrected chi connectivity index (χ3v) is 8.82. The highest BCUT2D eigenvalue weighted by Gasteiger charge is 2.23. The summed E-state index contributed by atoms with van der Waals surface area (Å²) in [5.74, 6) is 3.94. The number of amidine groups is 1. The Morgan fingerprint density at radius 1 is 0.578 bits per heavy atom.